The number of aromatic nitrogens is 1. The van der Waals surface area contributed by atoms with Crippen LogP contribution in [0.2, 0.25) is 0 Å². The molecule has 1 aromatic carbocycles. The Bertz CT molecular complexity index is 690. The van der Waals surface area contributed by atoms with Gasteiger partial charge in [-0.1, -0.05) is 6.07 Å². The molecule has 0 unspecified atom stereocenters. The first kappa shape index (κ1) is 19.2. The van der Waals surface area contributed by atoms with Crippen LogP contribution in [0.3, 0.4) is 0 Å². The van der Waals surface area contributed by atoms with Gasteiger partial charge in [0.05, 0.1) is 0 Å². The van der Waals surface area contributed by atoms with E-state index in [2.05, 4.69) is 15.6 Å². The zero-order valence-electron chi connectivity index (χ0n) is 14.7. The fraction of sp³-hybridized carbons (Fsp3) is 0.316. The summed E-state index contributed by atoms with van der Waals surface area (Å²) in [5.41, 5.74) is 0. The second-order valence-electron chi connectivity index (χ2n) is 5.51. The molecular formula is C19H23N3O4. The number of benzene rings is 1. The number of nitrogens with zero attached hydrogens (tertiary/aromatic N) is 1. The van der Waals surface area contributed by atoms with Crippen molar-refractivity contribution in [1.82, 2.24) is 15.6 Å². The van der Waals surface area contributed by atoms with Gasteiger partial charge in [-0.2, -0.15) is 0 Å². The fourth-order valence-electron chi connectivity index (χ4n) is 2.10. The van der Waals surface area contributed by atoms with Gasteiger partial charge in [0.15, 0.2) is 6.61 Å². The lowest BCUT2D eigenvalue weighted by molar-refractivity contribution is -0.123. The fourth-order valence-corrected chi connectivity index (χ4v) is 2.10. The minimum absolute atomic E-state index is 0.00938. The van der Waals surface area contributed by atoms with Crippen LogP contribution >= 0.6 is 0 Å². The average molecular weight is 357 g/mol. The van der Waals surface area contributed by atoms with Crippen LogP contribution in [0.4, 0.5) is 0 Å². The van der Waals surface area contributed by atoms with Gasteiger partial charge in [-0.3, -0.25) is 9.59 Å². The molecule has 0 spiro atoms. The molecular weight excluding hydrogens is 334 g/mol. The second kappa shape index (κ2) is 10.7. The first-order chi connectivity index (χ1) is 12.7. The van der Waals surface area contributed by atoms with Crippen molar-refractivity contribution in [3.8, 4) is 17.4 Å². The highest BCUT2D eigenvalue weighted by Crippen LogP contribution is 2.22. The molecule has 0 saturated heterocycles. The number of hydrogen-bond donors (Lipinski definition) is 2. The number of hydrogen-bond acceptors (Lipinski definition) is 5. The SMILES string of the molecule is CNC(=O)CCCCNC(=O)COc1ccc(Oc2ccccn2)cc1. The summed E-state index contributed by atoms with van der Waals surface area (Å²) in [5.74, 6) is 1.54. The molecule has 0 atom stereocenters. The van der Waals surface area contributed by atoms with Crippen LogP contribution in [-0.2, 0) is 9.59 Å². The average Bonchev–Trinajstić information content (AvgIpc) is 2.67. The largest absolute Gasteiger partial charge is 0.484 e. The van der Waals surface area contributed by atoms with Gasteiger partial charge in [-0.25, -0.2) is 4.98 Å². The van der Waals surface area contributed by atoms with Crippen LogP contribution in [0.5, 0.6) is 17.4 Å². The number of nitrogens with one attached hydrogen (secondary N) is 2. The third kappa shape index (κ3) is 7.21. The number of pyridine rings is 1. The van der Waals surface area contributed by atoms with E-state index < -0.39 is 0 Å². The van der Waals surface area contributed by atoms with Gasteiger partial charge >= 0.3 is 0 Å². The Labute approximate surface area is 152 Å². The van der Waals surface area contributed by atoms with Crippen LogP contribution in [0.1, 0.15) is 19.3 Å². The molecule has 0 aliphatic carbocycles. The van der Waals surface area contributed by atoms with Gasteiger partial charge in [-0.05, 0) is 43.2 Å². The summed E-state index contributed by atoms with van der Waals surface area (Å²) in [6.07, 6.45) is 3.61. The number of carbonyl (C=O) groups excluding carboxylic acids is 2. The van der Waals surface area contributed by atoms with Crippen molar-refractivity contribution in [3.63, 3.8) is 0 Å². The molecule has 0 saturated carbocycles. The molecule has 2 N–H and O–H groups in total. The van der Waals surface area contributed by atoms with Crippen LogP contribution in [0.25, 0.3) is 0 Å². The minimum Gasteiger partial charge on any atom is -0.484 e. The highest BCUT2D eigenvalue weighted by molar-refractivity contribution is 5.77. The quantitative estimate of drug-likeness (QED) is 0.637. The molecule has 7 heteroatoms. The van der Waals surface area contributed by atoms with E-state index in [0.717, 1.165) is 12.8 Å². The molecule has 7 nitrogen and oxygen atoms in total. The van der Waals surface area contributed by atoms with Crippen molar-refractivity contribution in [1.29, 1.82) is 0 Å². The van der Waals surface area contributed by atoms with Crippen molar-refractivity contribution in [3.05, 3.63) is 48.7 Å². The maximum absolute atomic E-state index is 11.7. The standard InChI is InChI=1S/C19H23N3O4/c1-20-17(23)6-2-4-12-21-18(24)14-25-15-8-10-16(11-9-15)26-19-7-3-5-13-22-19/h3,5,7-11,13H,2,4,6,12,14H2,1H3,(H,20,23)(H,21,24). The van der Waals surface area contributed by atoms with Crippen LogP contribution in [0.15, 0.2) is 48.7 Å². The number of amides is 2. The maximum atomic E-state index is 11.7. The Morgan fingerprint density at radius 3 is 2.46 bits per heavy atom. The summed E-state index contributed by atoms with van der Waals surface area (Å²) >= 11 is 0. The smallest absolute Gasteiger partial charge is 0.257 e. The lowest BCUT2D eigenvalue weighted by atomic mass is 10.2. The summed E-state index contributed by atoms with van der Waals surface area (Å²) in [6.45, 7) is 0.464. The normalized spacial score (nSPS) is 10.0. The van der Waals surface area contributed by atoms with Gasteiger partial charge in [0, 0.05) is 32.3 Å². The highest BCUT2D eigenvalue weighted by atomic mass is 16.5. The summed E-state index contributed by atoms with van der Waals surface area (Å²) in [6, 6.07) is 12.4. The molecule has 0 radical (unpaired) electrons. The lowest BCUT2D eigenvalue weighted by Gasteiger charge is -2.08. The predicted octanol–water partition coefficient (Wildman–Crippen LogP) is 2.29. The van der Waals surface area contributed by atoms with E-state index in [1.54, 1.807) is 43.6 Å². The van der Waals surface area contributed by atoms with Crippen molar-refractivity contribution >= 4 is 11.8 Å². The Morgan fingerprint density at radius 2 is 1.77 bits per heavy atom. The number of carbonyl (C=O) groups is 2. The van der Waals surface area contributed by atoms with Gasteiger partial charge in [0.25, 0.3) is 5.91 Å². The summed E-state index contributed by atoms with van der Waals surface area (Å²) in [7, 11) is 1.61. The van der Waals surface area contributed by atoms with E-state index in [0.29, 0.717) is 30.3 Å². The first-order valence-corrected chi connectivity index (χ1v) is 8.46. The van der Waals surface area contributed by atoms with E-state index in [1.165, 1.54) is 0 Å². The van der Waals surface area contributed by atoms with Gasteiger partial charge in [0.2, 0.25) is 11.8 Å². The summed E-state index contributed by atoms with van der Waals surface area (Å²) in [4.78, 5) is 26.9. The molecule has 2 amide bonds. The molecule has 0 aliphatic heterocycles. The first-order valence-electron chi connectivity index (χ1n) is 8.46. The van der Waals surface area contributed by atoms with Crippen molar-refractivity contribution in [2.45, 2.75) is 19.3 Å². The number of unbranched alkanes of at least 4 members (excludes halogenated alkanes) is 1. The molecule has 26 heavy (non-hydrogen) atoms. The van der Waals surface area contributed by atoms with Gasteiger partial charge < -0.3 is 20.1 Å². The zero-order chi connectivity index (χ0) is 18.6. The molecule has 0 aliphatic rings. The summed E-state index contributed by atoms with van der Waals surface area (Å²) < 4.78 is 11.0. The molecule has 1 heterocycles. The van der Waals surface area contributed by atoms with E-state index in [4.69, 9.17) is 9.47 Å². The zero-order valence-corrected chi connectivity index (χ0v) is 14.7. The predicted molar refractivity (Wildman–Crippen MR) is 97.2 cm³/mol. The molecule has 2 aromatic rings. The monoisotopic (exact) mass is 357 g/mol. The maximum Gasteiger partial charge on any atom is 0.257 e. The molecule has 138 valence electrons. The Morgan fingerprint density at radius 1 is 1.00 bits per heavy atom. The lowest BCUT2D eigenvalue weighted by Crippen LogP contribution is -2.29. The van der Waals surface area contributed by atoms with Crippen molar-refractivity contribution in [2.75, 3.05) is 20.2 Å². The van der Waals surface area contributed by atoms with Crippen molar-refractivity contribution in [2.24, 2.45) is 0 Å². The van der Waals surface area contributed by atoms with Crippen LogP contribution < -0.4 is 20.1 Å². The van der Waals surface area contributed by atoms with Crippen LogP contribution in [-0.4, -0.2) is 37.0 Å². The van der Waals surface area contributed by atoms with Crippen molar-refractivity contribution < 1.29 is 19.1 Å². The van der Waals surface area contributed by atoms with E-state index in [1.807, 2.05) is 12.1 Å². The van der Waals surface area contributed by atoms with Crippen LogP contribution in [0, 0.1) is 0 Å². The molecule has 0 fully saturated rings. The highest BCUT2D eigenvalue weighted by Gasteiger charge is 2.04. The number of ether oxygens (including phenoxy) is 2. The third-order valence-corrected chi connectivity index (χ3v) is 3.49. The van der Waals surface area contributed by atoms with Gasteiger partial charge in [-0.15, -0.1) is 0 Å². The molecule has 2 rings (SSSR count). The second-order valence-corrected chi connectivity index (χ2v) is 5.51. The summed E-state index contributed by atoms with van der Waals surface area (Å²) in [5, 5.41) is 5.32. The Hall–Kier alpha value is -3.09. The Balaban J connectivity index is 1.64. The minimum atomic E-state index is -0.196. The van der Waals surface area contributed by atoms with E-state index in [9.17, 15) is 9.59 Å². The topological polar surface area (TPSA) is 89.6 Å². The Kier molecular flexibility index (Phi) is 7.92. The molecule has 0 bridgehead atoms. The van der Waals surface area contributed by atoms with Gasteiger partial charge in [0.1, 0.15) is 11.5 Å². The van der Waals surface area contributed by atoms with E-state index in [-0.39, 0.29) is 18.4 Å². The molecule has 1 aromatic heterocycles. The third-order valence-electron chi connectivity index (χ3n) is 3.49. The van der Waals surface area contributed by atoms with E-state index >= 15 is 0 Å². The number of rotatable bonds is 10.